The van der Waals surface area contributed by atoms with Crippen molar-refractivity contribution < 1.29 is 19.2 Å². The molecule has 1 fully saturated rings. The second-order valence-electron chi connectivity index (χ2n) is 8.04. The minimum Gasteiger partial charge on any atom is -0.483 e. The van der Waals surface area contributed by atoms with Crippen LogP contribution in [0.2, 0.25) is 0 Å². The number of benzene rings is 2. The summed E-state index contributed by atoms with van der Waals surface area (Å²) in [7, 11) is 0. The fourth-order valence-electron chi connectivity index (χ4n) is 4.14. The summed E-state index contributed by atoms with van der Waals surface area (Å²) < 4.78 is 5.86. The second-order valence-corrected chi connectivity index (χ2v) is 8.04. The van der Waals surface area contributed by atoms with Gasteiger partial charge in [0.2, 0.25) is 0 Å². The molecule has 1 aromatic heterocycles. The molecule has 1 aliphatic rings. The molecule has 3 aromatic rings. The standard InChI is InChI=1S/C24H26N4O5/c1-2-20(17-7-3-4-8-22(17)33-15-23(29)27-11-5-6-12-27)26-24(30)19-14-25-21-10-9-16(28(31)32)13-18(19)21/h3-4,7-10,13-14,20,25H,2,5-6,11-12,15H2,1H3,(H,26,30). The maximum atomic E-state index is 13.1. The van der Waals surface area contributed by atoms with Gasteiger partial charge in [0.25, 0.3) is 17.5 Å². The second kappa shape index (κ2) is 9.72. The number of nitrogens with one attached hydrogen (secondary N) is 2. The summed E-state index contributed by atoms with van der Waals surface area (Å²) >= 11 is 0. The molecule has 1 atom stereocenters. The minimum atomic E-state index is -0.486. The molecule has 0 bridgehead atoms. The van der Waals surface area contributed by atoms with E-state index in [4.69, 9.17) is 4.74 Å². The zero-order valence-electron chi connectivity index (χ0n) is 18.4. The number of carbonyl (C=O) groups excluding carboxylic acids is 2. The first-order chi connectivity index (χ1) is 16.0. The molecule has 33 heavy (non-hydrogen) atoms. The van der Waals surface area contributed by atoms with E-state index in [-0.39, 0.29) is 30.2 Å². The van der Waals surface area contributed by atoms with E-state index in [1.807, 2.05) is 25.1 Å². The molecule has 0 spiro atoms. The van der Waals surface area contributed by atoms with Gasteiger partial charge in [-0.1, -0.05) is 25.1 Å². The van der Waals surface area contributed by atoms with Gasteiger partial charge in [-0.25, -0.2) is 0 Å². The maximum Gasteiger partial charge on any atom is 0.270 e. The van der Waals surface area contributed by atoms with Crippen LogP contribution in [0.15, 0.2) is 48.7 Å². The van der Waals surface area contributed by atoms with Crippen LogP contribution in [0.3, 0.4) is 0 Å². The van der Waals surface area contributed by atoms with E-state index in [1.165, 1.54) is 12.1 Å². The number of amides is 2. The Morgan fingerprint density at radius 2 is 1.97 bits per heavy atom. The number of likely N-dealkylation sites (tertiary alicyclic amines) is 1. The van der Waals surface area contributed by atoms with Gasteiger partial charge in [-0.3, -0.25) is 19.7 Å². The van der Waals surface area contributed by atoms with E-state index in [9.17, 15) is 19.7 Å². The number of para-hydroxylation sites is 1. The van der Waals surface area contributed by atoms with Gasteiger partial charge < -0.3 is 19.9 Å². The van der Waals surface area contributed by atoms with E-state index in [1.54, 1.807) is 23.2 Å². The number of hydrogen-bond acceptors (Lipinski definition) is 5. The highest BCUT2D eigenvalue weighted by molar-refractivity contribution is 6.07. The van der Waals surface area contributed by atoms with Crippen molar-refractivity contribution in [2.45, 2.75) is 32.2 Å². The Hall–Kier alpha value is -3.88. The molecule has 0 aliphatic carbocycles. The maximum absolute atomic E-state index is 13.1. The quantitative estimate of drug-likeness (QED) is 0.398. The first-order valence-electron chi connectivity index (χ1n) is 11.0. The van der Waals surface area contributed by atoms with E-state index < -0.39 is 4.92 Å². The molecule has 0 radical (unpaired) electrons. The number of fused-ring (bicyclic) bond motifs is 1. The number of hydrogen-bond donors (Lipinski definition) is 2. The SMILES string of the molecule is CCC(NC(=O)c1c[nH]c2ccc([N+](=O)[O-])cc12)c1ccccc1OCC(=O)N1CCCC1. The van der Waals surface area contributed by atoms with Crippen LogP contribution in [0.4, 0.5) is 5.69 Å². The monoisotopic (exact) mass is 450 g/mol. The number of carbonyl (C=O) groups is 2. The van der Waals surface area contributed by atoms with Gasteiger partial charge >= 0.3 is 0 Å². The molecule has 2 heterocycles. The third kappa shape index (κ3) is 4.82. The number of nitro groups is 1. The number of nitrogens with zero attached hydrogens (tertiary/aromatic N) is 2. The fraction of sp³-hybridized carbons (Fsp3) is 0.333. The Balaban J connectivity index is 1.52. The first-order valence-corrected chi connectivity index (χ1v) is 11.0. The van der Waals surface area contributed by atoms with Crippen molar-refractivity contribution in [1.29, 1.82) is 0 Å². The van der Waals surface area contributed by atoms with Crippen LogP contribution in [0.25, 0.3) is 10.9 Å². The van der Waals surface area contributed by atoms with Crippen molar-refractivity contribution in [2.75, 3.05) is 19.7 Å². The number of nitro benzene ring substituents is 1. The van der Waals surface area contributed by atoms with Gasteiger partial charge in [-0.15, -0.1) is 0 Å². The molecular weight excluding hydrogens is 424 g/mol. The summed E-state index contributed by atoms with van der Waals surface area (Å²) in [5.41, 5.74) is 1.66. The molecular formula is C24H26N4O5. The van der Waals surface area contributed by atoms with Crippen molar-refractivity contribution in [1.82, 2.24) is 15.2 Å². The summed E-state index contributed by atoms with van der Waals surface area (Å²) in [6.07, 6.45) is 4.18. The highest BCUT2D eigenvalue weighted by Gasteiger charge is 2.22. The van der Waals surface area contributed by atoms with E-state index in [0.717, 1.165) is 31.5 Å². The zero-order valence-corrected chi connectivity index (χ0v) is 18.4. The average Bonchev–Trinajstić information content (AvgIpc) is 3.51. The lowest BCUT2D eigenvalue weighted by Gasteiger charge is -2.21. The van der Waals surface area contributed by atoms with Crippen molar-refractivity contribution in [2.24, 2.45) is 0 Å². The summed E-state index contributed by atoms with van der Waals surface area (Å²) in [4.78, 5) is 40.9. The molecule has 2 amide bonds. The number of aromatic nitrogens is 1. The fourth-order valence-corrected chi connectivity index (χ4v) is 4.14. The first kappa shape index (κ1) is 22.3. The summed E-state index contributed by atoms with van der Waals surface area (Å²) in [5.74, 6) is 0.156. The van der Waals surface area contributed by atoms with Crippen molar-refractivity contribution in [3.8, 4) is 5.75 Å². The minimum absolute atomic E-state index is 0.0419. The van der Waals surface area contributed by atoms with E-state index in [0.29, 0.717) is 28.6 Å². The molecule has 0 saturated carbocycles. The number of aromatic amines is 1. The Morgan fingerprint density at radius 3 is 2.70 bits per heavy atom. The van der Waals surface area contributed by atoms with Crippen molar-refractivity contribution >= 4 is 28.4 Å². The molecule has 1 aliphatic heterocycles. The van der Waals surface area contributed by atoms with Crippen LogP contribution in [-0.2, 0) is 4.79 Å². The topological polar surface area (TPSA) is 118 Å². The Kier molecular flexibility index (Phi) is 6.58. The van der Waals surface area contributed by atoms with Gasteiger partial charge in [-0.05, 0) is 31.4 Å². The van der Waals surface area contributed by atoms with Gasteiger partial charge in [0, 0.05) is 47.9 Å². The third-order valence-corrected chi connectivity index (χ3v) is 5.94. The molecule has 172 valence electrons. The molecule has 9 nitrogen and oxygen atoms in total. The third-order valence-electron chi connectivity index (χ3n) is 5.94. The van der Waals surface area contributed by atoms with E-state index in [2.05, 4.69) is 10.3 Å². The van der Waals surface area contributed by atoms with E-state index >= 15 is 0 Å². The highest BCUT2D eigenvalue weighted by Crippen LogP contribution is 2.29. The number of non-ortho nitro benzene ring substituents is 1. The lowest BCUT2D eigenvalue weighted by molar-refractivity contribution is -0.384. The Morgan fingerprint density at radius 1 is 1.21 bits per heavy atom. The summed E-state index contributed by atoms with van der Waals surface area (Å²) in [5, 5.41) is 14.6. The Labute approximate surface area is 190 Å². The molecule has 2 aromatic carbocycles. The lowest BCUT2D eigenvalue weighted by Crippen LogP contribution is -2.32. The van der Waals surface area contributed by atoms with Crippen LogP contribution in [0, 0.1) is 10.1 Å². The van der Waals surface area contributed by atoms with Crippen LogP contribution < -0.4 is 10.1 Å². The number of H-pyrrole nitrogens is 1. The lowest BCUT2D eigenvalue weighted by atomic mass is 10.0. The van der Waals surface area contributed by atoms with Crippen LogP contribution in [-0.4, -0.2) is 46.3 Å². The van der Waals surface area contributed by atoms with Crippen molar-refractivity contribution in [3.05, 3.63) is 69.9 Å². The molecule has 1 saturated heterocycles. The van der Waals surface area contributed by atoms with Gasteiger partial charge in [0.05, 0.1) is 16.5 Å². The largest absolute Gasteiger partial charge is 0.483 e. The molecule has 9 heteroatoms. The van der Waals surface area contributed by atoms with Gasteiger partial charge in [-0.2, -0.15) is 0 Å². The highest BCUT2D eigenvalue weighted by atomic mass is 16.6. The average molecular weight is 450 g/mol. The number of ether oxygens (including phenoxy) is 1. The van der Waals surface area contributed by atoms with Gasteiger partial charge in [0.15, 0.2) is 6.61 Å². The number of rotatable bonds is 8. The van der Waals surface area contributed by atoms with Crippen LogP contribution in [0.5, 0.6) is 5.75 Å². The van der Waals surface area contributed by atoms with Crippen molar-refractivity contribution in [3.63, 3.8) is 0 Å². The molecule has 4 rings (SSSR count). The predicted molar refractivity (Wildman–Crippen MR) is 123 cm³/mol. The molecule has 1 unspecified atom stereocenters. The van der Waals surface area contributed by atoms with Crippen LogP contribution >= 0.6 is 0 Å². The zero-order chi connectivity index (χ0) is 23.4. The molecule has 2 N–H and O–H groups in total. The predicted octanol–water partition coefficient (Wildman–Crippen LogP) is 3.96. The normalized spacial score (nSPS) is 14.3. The smallest absolute Gasteiger partial charge is 0.270 e. The van der Waals surface area contributed by atoms with Gasteiger partial charge in [0.1, 0.15) is 5.75 Å². The summed E-state index contributed by atoms with van der Waals surface area (Å²) in [6, 6.07) is 11.3. The Bertz CT molecular complexity index is 1180. The van der Waals surface area contributed by atoms with Crippen LogP contribution in [0.1, 0.15) is 48.1 Å². The summed E-state index contributed by atoms with van der Waals surface area (Å²) in [6.45, 7) is 3.42.